The van der Waals surface area contributed by atoms with Crippen molar-refractivity contribution < 1.29 is 9.94 Å². The Morgan fingerprint density at radius 2 is 2.20 bits per heavy atom. The van der Waals surface area contributed by atoms with E-state index in [9.17, 15) is 5.21 Å². The molecule has 1 aliphatic rings. The van der Waals surface area contributed by atoms with Gasteiger partial charge in [-0.2, -0.15) is 0 Å². The highest BCUT2D eigenvalue weighted by molar-refractivity contribution is 7.96. The minimum absolute atomic E-state index is 0.529. The Morgan fingerprint density at radius 3 is 2.80 bits per heavy atom. The molecule has 1 aliphatic heterocycles. The molecule has 2 heterocycles. The van der Waals surface area contributed by atoms with Gasteiger partial charge in [0.25, 0.3) is 0 Å². The molecule has 30 heavy (non-hydrogen) atoms. The van der Waals surface area contributed by atoms with Gasteiger partial charge in [-0.3, -0.25) is 4.31 Å². The van der Waals surface area contributed by atoms with Gasteiger partial charge in [-0.25, -0.2) is 4.98 Å². The Balaban J connectivity index is 0.00000218. The summed E-state index contributed by atoms with van der Waals surface area (Å²) in [6.45, 7) is 14.8. The number of ether oxygens (including phenoxy) is 1. The summed E-state index contributed by atoms with van der Waals surface area (Å²) in [6, 6.07) is 0. The van der Waals surface area contributed by atoms with Gasteiger partial charge in [0.2, 0.25) is 5.88 Å². The molecule has 1 N–H and O–H groups in total. The van der Waals surface area contributed by atoms with Crippen LogP contribution in [-0.2, 0) is 4.74 Å². The lowest BCUT2D eigenvalue weighted by Gasteiger charge is -2.30. The number of hydrogen-bond acceptors (Lipinski definition) is 7. The van der Waals surface area contributed by atoms with Gasteiger partial charge in [0.05, 0.1) is 10.6 Å². The molecule has 0 unspecified atom stereocenters. The lowest BCUT2D eigenvalue weighted by Crippen LogP contribution is -2.28. The fraction of sp³-hybridized carbons (Fsp3) is 0.391. The van der Waals surface area contributed by atoms with E-state index < -0.39 is 0 Å². The van der Waals surface area contributed by atoms with E-state index in [0.29, 0.717) is 30.3 Å². The summed E-state index contributed by atoms with van der Waals surface area (Å²) in [6.07, 6.45) is 15.7. The maximum atomic E-state index is 9.22. The van der Waals surface area contributed by atoms with E-state index in [1.54, 1.807) is 18.1 Å². The Kier molecular flexibility index (Phi) is 11.9. The second-order valence-electron chi connectivity index (χ2n) is 6.02. The van der Waals surface area contributed by atoms with Gasteiger partial charge in [0.15, 0.2) is 0 Å². The molecule has 0 fully saturated rings. The van der Waals surface area contributed by atoms with Crippen LogP contribution in [0.2, 0.25) is 0 Å². The van der Waals surface area contributed by atoms with Crippen molar-refractivity contribution in [1.29, 1.82) is 0 Å². The first-order valence-corrected chi connectivity index (χ1v) is 12.1. The smallest absolute Gasteiger partial charge is 0.210 e. The van der Waals surface area contributed by atoms with E-state index >= 15 is 0 Å². The van der Waals surface area contributed by atoms with Crippen LogP contribution in [0.1, 0.15) is 57.3 Å². The minimum atomic E-state index is 0.529. The summed E-state index contributed by atoms with van der Waals surface area (Å²) in [5.41, 5.74) is 2.51. The lowest BCUT2D eigenvalue weighted by atomic mass is 10.1. The van der Waals surface area contributed by atoms with Crippen LogP contribution < -0.4 is 0 Å². The first kappa shape index (κ1) is 25.8. The predicted molar refractivity (Wildman–Crippen MR) is 133 cm³/mol. The fourth-order valence-corrected chi connectivity index (χ4v) is 4.02. The normalized spacial score (nSPS) is 16.4. The second kappa shape index (κ2) is 13.9. The monoisotopic (exact) mass is 447 g/mol. The Bertz CT molecular complexity index is 848. The van der Waals surface area contributed by atoms with Crippen molar-refractivity contribution in [3.05, 3.63) is 64.5 Å². The van der Waals surface area contributed by atoms with Crippen molar-refractivity contribution in [2.24, 2.45) is 5.16 Å². The van der Waals surface area contributed by atoms with Gasteiger partial charge in [-0.1, -0.05) is 74.8 Å². The average molecular weight is 448 g/mol. The molecule has 7 heteroatoms. The summed E-state index contributed by atoms with van der Waals surface area (Å²) in [5.74, 6) is 1.18. The average Bonchev–Trinajstić information content (AvgIpc) is 3.27. The van der Waals surface area contributed by atoms with E-state index in [-0.39, 0.29) is 0 Å². The maximum Gasteiger partial charge on any atom is 0.210 e. The van der Waals surface area contributed by atoms with E-state index in [0.717, 1.165) is 27.5 Å². The van der Waals surface area contributed by atoms with E-state index in [1.807, 2.05) is 56.5 Å². The maximum absolute atomic E-state index is 9.22. The highest BCUT2D eigenvalue weighted by Crippen LogP contribution is 2.33. The SMILES string of the molecule is C=C(OC1=C(C)/C(=N/O)CCN1SC)c1cnc(C(/C=C\CC)=C/C=C\C)s1.CC. The van der Waals surface area contributed by atoms with Gasteiger partial charge in [0, 0.05) is 36.6 Å². The Labute approximate surface area is 189 Å². The largest absolute Gasteiger partial charge is 0.439 e. The molecule has 164 valence electrons. The summed E-state index contributed by atoms with van der Waals surface area (Å²) < 4.78 is 8.14. The zero-order chi connectivity index (χ0) is 22.5. The number of aromatic nitrogens is 1. The van der Waals surface area contributed by atoms with Crippen LogP contribution in [0.15, 0.2) is 59.8 Å². The lowest BCUT2D eigenvalue weighted by molar-refractivity contribution is 0.272. The van der Waals surface area contributed by atoms with Gasteiger partial charge >= 0.3 is 0 Å². The Hall–Kier alpha value is -2.25. The third-order valence-corrected chi connectivity index (χ3v) is 6.00. The van der Waals surface area contributed by atoms with Crippen LogP contribution in [-0.4, -0.2) is 33.0 Å². The number of rotatable bonds is 8. The quantitative estimate of drug-likeness (QED) is 0.151. The predicted octanol–water partition coefficient (Wildman–Crippen LogP) is 7.13. The van der Waals surface area contributed by atoms with Crippen molar-refractivity contribution >= 4 is 40.3 Å². The number of thiazole rings is 1. The summed E-state index contributed by atoms with van der Waals surface area (Å²) in [7, 11) is 0. The van der Waals surface area contributed by atoms with Crippen LogP contribution in [0.3, 0.4) is 0 Å². The van der Waals surface area contributed by atoms with Crippen molar-refractivity contribution in [3.8, 4) is 0 Å². The van der Waals surface area contributed by atoms with Gasteiger partial charge < -0.3 is 9.94 Å². The van der Waals surface area contributed by atoms with E-state index in [2.05, 4.69) is 35.8 Å². The first-order chi connectivity index (χ1) is 14.5. The molecule has 5 nitrogen and oxygen atoms in total. The summed E-state index contributed by atoms with van der Waals surface area (Å²) >= 11 is 3.11. The molecule has 0 saturated carbocycles. The van der Waals surface area contributed by atoms with Crippen molar-refractivity contribution in [2.75, 3.05) is 12.8 Å². The van der Waals surface area contributed by atoms with Gasteiger partial charge in [-0.05, 0) is 20.3 Å². The molecule has 0 bridgehead atoms. The van der Waals surface area contributed by atoms with Crippen LogP contribution in [0.25, 0.3) is 11.3 Å². The minimum Gasteiger partial charge on any atom is -0.439 e. The highest BCUT2D eigenvalue weighted by Gasteiger charge is 2.25. The fourth-order valence-electron chi connectivity index (χ4n) is 2.58. The van der Waals surface area contributed by atoms with Crippen molar-refractivity contribution in [2.45, 2.75) is 47.5 Å². The Morgan fingerprint density at radius 1 is 1.47 bits per heavy atom. The number of allylic oxidation sites excluding steroid dienone is 7. The van der Waals surface area contributed by atoms with Crippen molar-refractivity contribution in [3.63, 3.8) is 0 Å². The second-order valence-corrected chi connectivity index (χ2v) is 7.86. The molecular weight excluding hydrogens is 414 g/mol. The zero-order valence-electron chi connectivity index (χ0n) is 18.8. The molecule has 0 aliphatic carbocycles. The third kappa shape index (κ3) is 6.92. The molecule has 0 saturated heterocycles. The molecule has 0 radical (unpaired) electrons. The highest BCUT2D eigenvalue weighted by atomic mass is 32.2. The molecular formula is C23H33N3O2S2. The topological polar surface area (TPSA) is 58.0 Å². The molecule has 1 aromatic heterocycles. The molecule has 1 aromatic rings. The zero-order valence-corrected chi connectivity index (χ0v) is 20.4. The van der Waals surface area contributed by atoms with Crippen LogP contribution in [0, 0.1) is 0 Å². The number of hydrogen-bond donors (Lipinski definition) is 1. The molecule has 0 atom stereocenters. The molecule has 0 amide bonds. The molecule has 0 aromatic carbocycles. The summed E-state index contributed by atoms with van der Waals surface area (Å²) in [4.78, 5) is 5.41. The number of oxime groups is 1. The van der Waals surface area contributed by atoms with E-state index in [1.165, 1.54) is 11.3 Å². The van der Waals surface area contributed by atoms with Crippen LogP contribution in [0.5, 0.6) is 0 Å². The summed E-state index contributed by atoms with van der Waals surface area (Å²) in [5, 5.41) is 13.5. The van der Waals surface area contributed by atoms with E-state index in [4.69, 9.17) is 4.74 Å². The number of nitrogens with zero attached hydrogens (tertiary/aromatic N) is 3. The standard InChI is InChI=1S/C21H27N3O2S2.C2H6/c1-6-8-10-17(11-9-7-2)20-22-14-19(28-20)16(4)26-21-15(3)18(23-25)12-13-24(21)27-5;1-2/h6,8-11,14,25H,4,7,12-13H2,1-3,5H3;1-2H3/b8-6-,11-9-,17-10+,23-18+;. The van der Waals surface area contributed by atoms with Crippen LogP contribution >= 0.6 is 23.3 Å². The van der Waals surface area contributed by atoms with Crippen LogP contribution in [0.4, 0.5) is 0 Å². The molecule has 0 spiro atoms. The first-order valence-electron chi connectivity index (χ1n) is 10.1. The van der Waals surface area contributed by atoms with Gasteiger partial charge in [-0.15, -0.1) is 11.3 Å². The van der Waals surface area contributed by atoms with Gasteiger partial charge in [0.1, 0.15) is 10.8 Å². The van der Waals surface area contributed by atoms with Crippen molar-refractivity contribution in [1.82, 2.24) is 9.29 Å². The third-order valence-electron chi connectivity index (χ3n) is 4.12. The molecule has 2 rings (SSSR count).